The van der Waals surface area contributed by atoms with Gasteiger partial charge in [0.1, 0.15) is 5.75 Å². The average molecular weight is 186 g/mol. The Balaban J connectivity index is 2.88. The first-order valence-corrected chi connectivity index (χ1v) is 4.23. The maximum Gasteiger partial charge on any atom is 0.115 e. The smallest absolute Gasteiger partial charge is 0.115 e. The monoisotopic (exact) mass is 185 g/mol. The molecule has 66 valence electrons. The first-order chi connectivity index (χ1) is 5.61. The van der Waals surface area contributed by atoms with Crippen LogP contribution in [0.25, 0.3) is 0 Å². The van der Waals surface area contributed by atoms with Crippen LogP contribution in [0.4, 0.5) is 0 Å². The Hall–Kier alpha value is -0.730. The lowest BCUT2D eigenvalue weighted by molar-refractivity contribution is 0.474. The summed E-state index contributed by atoms with van der Waals surface area (Å²) in [4.78, 5) is 0. The van der Waals surface area contributed by atoms with Gasteiger partial charge in [0.25, 0.3) is 0 Å². The van der Waals surface area contributed by atoms with Crippen molar-refractivity contribution in [3.63, 3.8) is 0 Å². The molecular weight excluding hydrogens is 174 g/mol. The number of hydrogen-bond donors (Lipinski definition) is 2. The molecule has 0 radical (unpaired) electrons. The van der Waals surface area contributed by atoms with Crippen molar-refractivity contribution in [2.45, 2.75) is 18.3 Å². The lowest BCUT2D eigenvalue weighted by Gasteiger charge is -2.13. The summed E-state index contributed by atoms with van der Waals surface area (Å²) in [6, 6.07) is 6.71. The molecule has 0 spiro atoms. The summed E-state index contributed by atoms with van der Waals surface area (Å²) in [6.45, 7) is 1.84. The minimum absolute atomic E-state index is 0.117. The number of aromatic hydroxyl groups is 1. The SMILES string of the molecule is C[C@H](N)[C@H](Cl)c1cccc(O)c1. The van der Waals surface area contributed by atoms with Gasteiger partial charge < -0.3 is 10.8 Å². The number of alkyl halides is 1. The molecule has 0 aliphatic carbocycles. The number of halogens is 1. The first kappa shape index (κ1) is 9.36. The largest absolute Gasteiger partial charge is 0.508 e. The van der Waals surface area contributed by atoms with Gasteiger partial charge in [0, 0.05) is 6.04 Å². The third-order valence-corrected chi connectivity index (χ3v) is 2.30. The minimum atomic E-state index is -0.239. The van der Waals surface area contributed by atoms with E-state index < -0.39 is 0 Å². The number of phenolic OH excluding ortho intramolecular Hbond substituents is 1. The summed E-state index contributed by atoms with van der Waals surface area (Å²) in [7, 11) is 0. The predicted molar refractivity (Wildman–Crippen MR) is 50.4 cm³/mol. The van der Waals surface area contributed by atoms with Crippen molar-refractivity contribution in [1.82, 2.24) is 0 Å². The van der Waals surface area contributed by atoms with Gasteiger partial charge in [-0.1, -0.05) is 12.1 Å². The van der Waals surface area contributed by atoms with Gasteiger partial charge in [-0.15, -0.1) is 11.6 Å². The van der Waals surface area contributed by atoms with Gasteiger partial charge in [-0.05, 0) is 24.6 Å². The average Bonchev–Trinajstić information content (AvgIpc) is 2.03. The number of nitrogens with two attached hydrogens (primary N) is 1. The van der Waals surface area contributed by atoms with Crippen LogP contribution in [0.1, 0.15) is 17.9 Å². The molecule has 12 heavy (non-hydrogen) atoms. The molecule has 1 rings (SSSR count). The molecule has 1 aromatic rings. The minimum Gasteiger partial charge on any atom is -0.508 e. The van der Waals surface area contributed by atoms with Crippen LogP contribution in [0.15, 0.2) is 24.3 Å². The quantitative estimate of drug-likeness (QED) is 0.693. The van der Waals surface area contributed by atoms with Crippen molar-refractivity contribution in [2.75, 3.05) is 0 Å². The molecule has 0 saturated heterocycles. The topological polar surface area (TPSA) is 46.2 Å². The van der Waals surface area contributed by atoms with E-state index in [-0.39, 0.29) is 17.2 Å². The number of hydrogen-bond acceptors (Lipinski definition) is 2. The molecule has 3 N–H and O–H groups in total. The molecule has 3 heteroatoms. The molecule has 0 aromatic heterocycles. The van der Waals surface area contributed by atoms with E-state index in [1.54, 1.807) is 18.2 Å². The van der Waals surface area contributed by atoms with Gasteiger partial charge in [0.05, 0.1) is 5.38 Å². The molecule has 2 atom stereocenters. The molecule has 1 aromatic carbocycles. The van der Waals surface area contributed by atoms with Gasteiger partial charge in [0.15, 0.2) is 0 Å². The van der Waals surface area contributed by atoms with E-state index >= 15 is 0 Å². The summed E-state index contributed by atoms with van der Waals surface area (Å²) in [5.41, 5.74) is 6.46. The number of benzene rings is 1. The molecule has 0 unspecified atom stereocenters. The van der Waals surface area contributed by atoms with Crippen LogP contribution >= 0.6 is 11.6 Å². The lowest BCUT2D eigenvalue weighted by atomic mass is 10.1. The van der Waals surface area contributed by atoms with Crippen LogP contribution in [-0.2, 0) is 0 Å². The highest BCUT2D eigenvalue weighted by atomic mass is 35.5. The summed E-state index contributed by atoms with van der Waals surface area (Å²) in [5, 5.41) is 8.91. The van der Waals surface area contributed by atoms with Gasteiger partial charge in [-0.25, -0.2) is 0 Å². The highest BCUT2D eigenvalue weighted by Gasteiger charge is 2.12. The Morgan fingerprint density at radius 2 is 2.17 bits per heavy atom. The molecule has 0 heterocycles. The Labute approximate surface area is 77.0 Å². The number of rotatable bonds is 2. The highest BCUT2D eigenvalue weighted by Crippen LogP contribution is 2.25. The van der Waals surface area contributed by atoms with Crippen molar-refractivity contribution in [1.29, 1.82) is 0 Å². The Morgan fingerprint density at radius 3 is 2.67 bits per heavy atom. The van der Waals surface area contributed by atoms with Crippen molar-refractivity contribution in [2.24, 2.45) is 5.73 Å². The Morgan fingerprint density at radius 1 is 1.50 bits per heavy atom. The van der Waals surface area contributed by atoms with Crippen LogP contribution in [0.3, 0.4) is 0 Å². The van der Waals surface area contributed by atoms with E-state index in [4.69, 9.17) is 22.4 Å². The fraction of sp³-hybridized carbons (Fsp3) is 0.333. The number of phenols is 1. The molecule has 0 aliphatic rings. The molecule has 0 saturated carbocycles. The van der Waals surface area contributed by atoms with E-state index in [9.17, 15) is 0 Å². The fourth-order valence-corrected chi connectivity index (χ4v) is 1.14. The zero-order valence-corrected chi connectivity index (χ0v) is 7.62. The van der Waals surface area contributed by atoms with E-state index in [1.165, 1.54) is 0 Å². The summed E-state index contributed by atoms with van der Waals surface area (Å²) >= 11 is 5.98. The summed E-state index contributed by atoms with van der Waals surface area (Å²) < 4.78 is 0. The van der Waals surface area contributed by atoms with Crippen LogP contribution in [0, 0.1) is 0 Å². The van der Waals surface area contributed by atoms with Gasteiger partial charge in [-0.2, -0.15) is 0 Å². The van der Waals surface area contributed by atoms with E-state index in [2.05, 4.69) is 0 Å². The molecular formula is C9H12ClNO. The Bertz CT molecular complexity index is 262. The second-order valence-electron chi connectivity index (χ2n) is 2.86. The van der Waals surface area contributed by atoms with Gasteiger partial charge >= 0.3 is 0 Å². The second-order valence-corrected chi connectivity index (χ2v) is 3.33. The second kappa shape index (κ2) is 3.78. The normalized spacial score (nSPS) is 15.6. The maximum atomic E-state index is 9.14. The standard InChI is InChI=1S/C9H12ClNO/c1-6(11)9(10)7-3-2-4-8(12)5-7/h2-6,9,12H,11H2,1H3/t6-,9-/m0/s1. The van der Waals surface area contributed by atoms with Crippen molar-refractivity contribution >= 4 is 11.6 Å². The van der Waals surface area contributed by atoms with Crippen LogP contribution in [0.5, 0.6) is 5.75 Å². The van der Waals surface area contributed by atoms with Crippen molar-refractivity contribution < 1.29 is 5.11 Å². The van der Waals surface area contributed by atoms with Gasteiger partial charge in [-0.3, -0.25) is 0 Å². The molecule has 0 bridgehead atoms. The third kappa shape index (κ3) is 2.13. The molecule has 0 aliphatic heterocycles. The third-order valence-electron chi connectivity index (χ3n) is 1.65. The molecule has 2 nitrogen and oxygen atoms in total. The van der Waals surface area contributed by atoms with Crippen molar-refractivity contribution in [3.8, 4) is 5.75 Å². The van der Waals surface area contributed by atoms with Gasteiger partial charge in [0.2, 0.25) is 0 Å². The first-order valence-electron chi connectivity index (χ1n) is 3.80. The molecule has 0 fully saturated rings. The maximum absolute atomic E-state index is 9.14. The lowest BCUT2D eigenvalue weighted by Crippen LogP contribution is -2.20. The fourth-order valence-electron chi connectivity index (χ4n) is 1.000. The van der Waals surface area contributed by atoms with Crippen LogP contribution in [0.2, 0.25) is 0 Å². The van der Waals surface area contributed by atoms with Crippen LogP contribution in [-0.4, -0.2) is 11.1 Å². The van der Waals surface area contributed by atoms with E-state index in [0.717, 1.165) is 5.56 Å². The summed E-state index contributed by atoms with van der Waals surface area (Å²) in [5.74, 6) is 0.221. The Kier molecular flexibility index (Phi) is 2.95. The highest BCUT2D eigenvalue weighted by molar-refractivity contribution is 6.21. The van der Waals surface area contributed by atoms with E-state index in [1.807, 2.05) is 13.0 Å². The molecule has 0 amide bonds. The van der Waals surface area contributed by atoms with Crippen LogP contribution < -0.4 is 5.73 Å². The van der Waals surface area contributed by atoms with E-state index in [0.29, 0.717) is 0 Å². The van der Waals surface area contributed by atoms with Crippen molar-refractivity contribution in [3.05, 3.63) is 29.8 Å². The predicted octanol–water partition coefficient (Wildman–Crippen LogP) is 2.02. The zero-order valence-electron chi connectivity index (χ0n) is 6.87. The summed E-state index contributed by atoms with van der Waals surface area (Å²) in [6.07, 6.45) is 0. The zero-order chi connectivity index (χ0) is 9.14.